The zero-order chi connectivity index (χ0) is 24.1. The van der Waals surface area contributed by atoms with Gasteiger partial charge in [-0.15, -0.1) is 0 Å². The van der Waals surface area contributed by atoms with Crippen molar-refractivity contribution in [1.82, 2.24) is 9.80 Å². The third-order valence-electron chi connectivity index (χ3n) is 6.55. The number of β-amino-alcohol motifs (C(OH)–C–C–N with tert-alkyl or cyclic N) is 1. The van der Waals surface area contributed by atoms with Crippen molar-refractivity contribution in [3.8, 4) is 5.75 Å². The van der Waals surface area contributed by atoms with E-state index in [0.717, 1.165) is 38.1 Å². The third kappa shape index (κ3) is 6.73. The van der Waals surface area contributed by atoms with E-state index in [1.807, 2.05) is 62.1 Å². The Labute approximate surface area is 203 Å². The number of aliphatic hydroxyl groups excluding tert-OH is 1. The molecule has 0 spiro atoms. The van der Waals surface area contributed by atoms with E-state index < -0.39 is 11.7 Å². The van der Waals surface area contributed by atoms with Gasteiger partial charge in [0.15, 0.2) is 0 Å². The highest BCUT2D eigenvalue weighted by Crippen LogP contribution is 2.46. The lowest BCUT2D eigenvalue weighted by atomic mass is 10.0. The molecule has 34 heavy (non-hydrogen) atoms. The molecule has 2 unspecified atom stereocenters. The summed E-state index contributed by atoms with van der Waals surface area (Å²) >= 11 is 0. The van der Waals surface area contributed by atoms with E-state index >= 15 is 0 Å². The van der Waals surface area contributed by atoms with Crippen LogP contribution in [0.5, 0.6) is 5.75 Å². The van der Waals surface area contributed by atoms with Crippen LogP contribution in [-0.4, -0.2) is 71.0 Å². The summed E-state index contributed by atoms with van der Waals surface area (Å²) in [7, 11) is 0. The first-order valence-corrected chi connectivity index (χ1v) is 12.4. The lowest BCUT2D eigenvalue weighted by Gasteiger charge is -2.40. The van der Waals surface area contributed by atoms with E-state index in [-0.39, 0.29) is 24.8 Å². The summed E-state index contributed by atoms with van der Waals surface area (Å²) in [5, 5.41) is 10.5. The van der Waals surface area contributed by atoms with E-state index in [1.54, 1.807) is 0 Å². The first kappa shape index (κ1) is 24.6. The van der Waals surface area contributed by atoms with Crippen LogP contribution in [0.1, 0.15) is 51.5 Å². The van der Waals surface area contributed by atoms with Gasteiger partial charge in [-0.1, -0.05) is 48.5 Å². The molecule has 2 fully saturated rings. The highest BCUT2D eigenvalue weighted by Gasteiger charge is 2.48. The number of para-hydroxylation sites is 1. The molecule has 184 valence electrons. The van der Waals surface area contributed by atoms with Crippen LogP contribution in [0.2, 0.25) is 0 Å². The molecule has 2 aromatic carbocycles. The molecule has 6 heteroatoms. The van der Waals surface area contributed by atoms with E-state index in [2.05, 4.69) is 29.2 Å². The summed E-state index contributed by atoms with van der Waals surface area (Å²) in [6.07, 6.45) is 1.99. The number of aliphatic hydroxyl groups is 1. The van der Waals surface area contributed by atoms with Crippen molar-refractivity contribution in [1.29, 1.82) is 0 Å². The maximum Gasteiger partial charge on any atom is 0.410 e. The van der Waals surface area contributed by atoms with Crippen molar-refractivity contribution in [2.45, 2.75) is 69.7 Å². The summed E-state index contributed by atoms with van der Waals surface area (Å²) in [4.78, 5) is 17.5. The van der Waals surface area contributed by atoms with Crippen molar-refractivity contribution in [2.24, 2.45) is 0 Å². The summed E-state index contributed by atoms with van der Waals surface area (Å²) in [5.41, 5.74) is 0.774. The van der Waals surface area contributed by atoms with Gasteiger partial charge in [0.25, 0.3) is 0 Å². The molecule has 0 aromatic heterocycles. The van der Waals surface area contributed by atoms with Crippen LogP contribution in [0.25, 0.3) is 0 Å². The molecule has 2 aliphatic rings. The number of amides is 1. The van der Waals surface area contributed by atoms with Gasteiger partial charge in [0.05, 0.1) is 0 Å². The Hall–Kier alpha value is -2.57. The zero-order valence-electron chi connectivity index (χ0n) is 20.6. The number of nitrogens with zero attached hydrogens (tertiary/aromatic N) is 2. The van der Waals surface area contributed by atoms with Gasteiger partial charge < -0.3 is 24.4 Å². The minimum atomic E-state index is -0.551. The van der Waals surface area contributed by atoms with E-state index in [9.17, 15) is 9.90 Å². The molecule has 6 nitrogen and oxygen atoms in total. The van der Waals surface area contributed by atoms with Crippen LogP contribution in [0.15, 0.2) is 60.7 Å². The van der Waals surface area contributed by atoms with Crippen molar-refractivity contribution in [3.63, 3.8) is 0 Å². The first-order chi connectivity index (χ1) is 16.3. The highest BCUT2D eigenvalue weighted by molar-refractivity contribution is 5.70. The number of likely N-dealkylation sites (tertiary alicyclic amines) is 1. The second-order valence-electron chi connectivity index (χ2n) is 10.5. The SMILES string of the molecule is CC(C)(C)OC(=O)N(C1CCN(C[C@H](O)COc2ccccc2)CC1)C1CC1c1ccccc1. The number of ether oxygens (including phenoxy) is 2. The molecule has 1 saturated heterocycles. The number of rotatable bonds is 8. The van der Waals surface area contributed by atoms with Crippen molar-refractivity contribution < 1.29 is 19.4 Å². The van der Waals surface area contributed by atoms with Gasteiger partial charge in [0.2, 0.25) is 0 Å². The fourth-order valence-electron chi connectivity index (χ4n) is 4.86. The lowest BCUT2D eigenvalue weighted by molar-refractivity contribution is 0.000850. The van der Waals surface area contributed by atoms with Gasteiger partial charge in [-0.25, -0.2) is 4.79 Å². The van der Waals surface area contributed by atoms with Crippen LogP contribution < -0.4 is 4.74 Å². The normalized spacial score (nSPS) is 22.1. The topological polar surface area (TPSA) is 62.2 Å². The van der Waals surface area contributed by atoms with Crippen LogP contribution in [-0.2, 0) is 4.74 Å². The van der Waals surface area contributed by atoms with Crippen molar-refractivity contribution in [3.05, 3.63) is 66.2 Å². The second-order valence-corrected chi connectivity index (χ2v) is 10.5. The molecule has 1 amide bonds. The van der Waals surface area contributed by atoms with Crippen LogP contribution in [0.4, 0.5) is 4.79 Å². The van der Waals surface area contributed by atoms with Crippen LogP contribution >= 0.6 is 0 Å². The van der Waals surface area contributed by atoms with E-state index in [1.165, 1.54) is 5.56 Å². The Morgan fingerprint density at radius 3 is 2.29 bits per heavy atom. The van der Waals surface area contributed by atoms with E-state index in [4.69, 9.17) is 9.47 Å². The van der Waals surface area contributed by atoms with Gasteiger partial charge in [-0.2, -0.15) is 0 Å². The highest BCUT2D eigenvalue weighted by atomic mass is 16.6. The number of hydrogen-bond donors (Lipinski definition) is 1. The quantitative estimate of drug-likeness (QED) is 0.612. The molecular formula is C28H38N2O4. The molecule has 1 aliphatic heterocycles. The maximum atomic E-state index is 13.2. The summed E-state index contributed by atoms with van der Waals surface area (Å²) in [6.45, 7) is 8.30. The predicted octanol–water partition coefficient (Wildman–Crippen LogP) is 4.68. The van der Waals surface area contributed by atoms with Crippen molar-refractivity contribution >= 4 is 6.09 Å². The molecule has 1 heterocycles. The number of hydrogen-bond acceptors (Lipinski definition) is 5. The van der Waals surface area contributed by atoms with E-state index in [0.29, 0.717) is 12.5 Å². The Bertz CT molecular complexity index is 907. The van der Waals surface area contributed by atoms with Crippen molar-refractivity contribution in [2.75, 3.05) is 26.2 Å². The zero-order valence-corrected chi connectivity index (χ0v) is 20.6. The number of piperidine rings is 1. The molecule has 0 radical (unpaired) electrons. The lowest BCUT2D eigenvalue weighted by Crippen LogP contribution is -2.51. The second kappa shape index (κ2) is 10.8. The van der Waals surface area contributed by atoms with Gasteiger partial charge in [0, 0.05) is 37.6 Å². The standard InChI is InChI=1S/C28H38N2O4/c1-28(2,3)34-27(32)30(26-18-25(26)21-10-6-4-7-11-21)22-14-16-29(17-15-22)19-23(31)20-33-24-12-8-5-9-13-24/h4-13,22-23,25-26,31H,14-20H2,1-3H3/t23-,25?,26?/m0/s1. The average Bonchev–Trinajstić information content (AvgIpc) is 3.59. The predicted molar refractivity (Wildman–Crippen MR) is 133 cm³/mol. The Kier molecular flexibility index (Phi) is 7.79. The molecule has 0 bridgehead atoms. The number of benzene rings is 2. The smallest absolute Gasteiger partial charge is 0.410 e. The fraction of sp³-hybridized carbons (Fsp3) is 0.536. The van der Waals surface area contributed by atoms with Crippen LogP contribution in [0, 0.1) is 0 Å². The summed E-state index contributed by atoms with van der Waals surface area (Å²) in [6, 6.07) is 20.4. The van der Waals surface area contributed by atoms with Gasteiger partial charge in [-0.05, 0) is 57.7 Å². The monoisotopic (exact) mass is 466 g/mol. The third-order valence-corrected chi connectivity index (χ3v) is 6.55. The van der Waals surface area contributed by atoms with Gasteiger partial charge in [-0.3, -0.25) is 0 Å². The largest absolute Gasteiger partial charge is 0.491 e. The fourth-order valence-corrected chi connectivity index (χ4v) is 4.86. The Morgan fingerprint density at radius 2 is 1.68 bits per heavy atom. The Balaban J connectivity index is 1.32. The number of carbonyl (C=O) groups is 1. The molecular weight excluding hydrogens is 428 g/mol. The van der Waals surface area contributed by atoms with Gasteiger partial charge in [0.1, 0.15) is 24.1 Å². The minimum absolute atomic E-state index is 0.155. The first-order valence-electron chi connectivity index (χ1n) is 12.4. The molecule has 1 N–H and O–H groups in total. The maximum absolute atomic E-state index is 13.2. The average molecular weight is 467 g/mol. The summed E-state index contributed by atoms with van der Waals surface area (Å²) in [5.74, 6) is 1.15. The molecule has 1 aliphatic carbocycles. The molecule has 1 saturated carbocycles. The number of carbonyl (C=O) groups excluding carboxylic acids is 1. The molecule has 3 atom stereocenters. The summed E-state index contributed by atoms with van der Waals surface area (Å²) < 4.78 is 11.5. The van der Waals surface area contributed by atoms with Crippen LogP contribution in [0.3, 0.4) is 0 Å². The minimum Gasteiger partial charge on any atom is -0.491 e. The van der Waals surface area contributed by atoms with Gasteiger partial charge >= 0.3 is 6.09 Å². The molecule has 4 rings (SSSR count). The molecule has 2 aromatic rings. The Morgan fingerprint density at radius 1 is 1.06 bits per heavy atom.